The molecule has 0 aliphatic heterocycles. The smallest absolute Gasteiger partial charge is 0.213 e. The lowest BCUT2D eigenvalue weighted by atomic mass is 9.70. The second kappa shape index (κ2) is 4.04. The molecule has 0 aromatic carbocycles. The van der Waals surface area contributed by atoms with E-state index in [1.165, 1.54) is 0 Å². The minimum absolute atomic E-state index is 0.0559. The van der Waals surface area contributed by atoms with E-state index in [0.29, 0.717) is 18.8 Å². The quantitative estimate of drug-likeness (QED) is 0.864. The minimum Gasteiger partial charge on any atom is -0.299 e. The van der Waals surface area contributed by atoms with E-state index in [1.807, 2.05) is 20.8 Å². The number of ketones is 1. The maximum Gasteiger partial charge on any atom is 0.213 e. The summed E-state index contributed by atoms with van der Waals surface area (Å²) in [4.78, 5) is 12.3. The van der Waals surface area contributed by atoms with Crippen molar-refractivity contribution in [3.05, 3.63) is 0 Å². The summed E-state index contributed by atoms with van der Waals surface area (Å²) < 4.78 is 27.4. The number of sulfonamides is 1. The number of Topliss-reactive ketones (excluding diaryl/α,β-unsaturated/α-hetero) is 1. The zero-order chi connectivity index (χ0) is 14.7. The lowest BCUT2D eigenvalue weighted by Crippen LogP contribution is -2.49. The van der Waals surface area contributed by atoms with Gasteiger partial charge in [0.25, 0.3) is 0 Å². The molecular weight excluding hydrogens is 262 g/mol. The van der Waals surface area contributed by atoms with E-state index in [2.05, 4.69) is 18.6 Å². The zero-order valence-electron chi connectivity index (χ0n) is 12.5. The minimum atomic E-state index is -3.44. The Kier molecular flexibility index (Phi) is 3.19. The number of hydrogen-bond acceptors (Lipinski definition) is 3. The standard InChI is InChI=1S/C14H25NO3S/c1-12(2,3)15-19(17,18)9-14-7-6-10(8-11(14)16)13(14,4)5/h10,15H,6-9H2,1-5H3/t10-,14+/m1/s1. The third-order valence-corrected chi connectivity index (χ3v) is 6.83. The predicted molar refractivity (Wildman–Crippen MR) is 75.2 cm³/mol. The second-order valence-electron chi connectivity index (χ2n) is 7.78. The Balaban J connectivity index is 2.30. The summed E-state index contributed by atoms with van der Waals surface area (Å²) in [5.74, 6) is 0.442. The molecule has 0 spiro atoms. The third kappa shape index (κ3) is 2.35. The van der Waals surface area contributed by atoms with E-state index in [4.69, 9.17) is 0 Å². The van der Waals surface area contributed by atoms with Gasteiger partial charge in [-0.1, -0.05) is 13.8 Å². The molecule has 2 atom stereocenters. The highest BCUT2D eigenvalue weighted by molar-refractivity contribution is 7.89. The molecule has 2 aliphatic rings. The van der Waals surface area contributed by atoms with Crippen molar-refractivity contribution in [2.24, 2.45) is 16.7 Å². The number of nitrogens with one attached hydrogen (secondary N) is 1. The van der Waals surface area contributed by atoms with Crippen LogP contribution in [0.25, 0.3) is 0 Å². The largest absolute Gasteiger partial charge is 0.299 e. The Morgan fingerprint density at radius 2 is 1.89 bits per heavy atom. The summed E-state index contributed by atoms with van der Waals surface area (Å²) in [6.07, 6.45) is 2.25. The molecule has 19 heavy (non-hydrogen) atoms. The van der Waals surface area contributed by atoms with E-state index in [-0.39, 0.29) is 17.0 Å². The van der Waals surface area contributed by atoms with E-state index in [1.54, 1.807) is 0 Å². The molecule has 0 aromatic heterocycles. The molecule has 0 unspecified atom stereocenters. The summed E-state index contributed by atoms with van der Waals surface area (Å²) in [7, 11) is -3.44. The average molecular weight is 287 g/mol. The predicted octanol–water partition coefficient (Wildman–Crippen LogP) is 2.10. The molecule has 0 saturated heterocycles. The Bertz CT molecular complexity index is 501. The van der Waals surface area contributed by atoms with Crippen LogP contribution in [0.4, 0.5) is 0 Å². The van der Waals surface area contributed by atoms with Crippen molar-refractivity contribution in [1.82, 2.24) is 4.72 Å². The molecule has 5 heteroatoms. The van der Waals surface area contributed by atoms with Crippen LogP contribution in [0.1, 0.15) is 53.9 Å². The highest BCUT2D eigenvalue weighted by atomic mass is 32.2. The van der Waals surface area contributed by atoms with E-state index in [9.17, 15) is 13.2 Å². The number of hydrogen-bond donors (Lipinski definition) is 1. The fraction of sp³-hybridized carbons (Fsp3) is 0.929. The number of carbonyl (C=O) groups excluding carboxylic acids is 1. The van der Waals surface area contributed by atoms with Gasteiger partial charge in [0.05, 0.1) is 5.75 Å². The maximum atomic E-state index is 12.4. The highest BCUT2D eigenvalue weighted by Gasteiger charge is 2.65. The Morgan fingerprint density at radius 1 is 1.32 bits per heavy atom. The first-order valence-electron chi connectivity index (χ1n) is 6.95. The van der Waals surface area contributed by atoms with Crippen molar-refractivity contribution >= 4 is 15.8 Å². The molecule has 0 aromatic rings. The fourth-order valence-corrected chi connectivity index (χ4v) is 6.27. The van der Waals surface area contributed by atoms with Crippen LogP contribution in [0.5, 0.6) is 0 Å². The first-order chi connectivity index (χ1) is 8.40. The van der Waals surface area contributed by atoms with Gasteiger partial charge in [0, 0.05) is 17.4 Å². The third-order valence-electron chi connectivity index (χ3n) is 5.04. The van der Waals surface area contributed by atoms with Crippen LogP contribution in [0.2, 0.25) is 0 Å². The molecule has 110 valence electrons. The number of rotatable bonds is 3. The monoisotopic (exact) mass is 287 g/mol. The number of fused-ring (bicyclic) bond motifs is 2. The van der Waals surface area contributed by atoms with Gasteiger partial charge in [0.2, 0.25) is 10.0 Å². The van der Waals surface area contributed by atoms with Crippen LogP contribution in [-0.4, -0.2) is 25.5 Å². The lowest BCUT2D eigenvalue weighted by molar-refractivity contribution is -0.128. The molecule has 0 heterocycles. The van der Waals surface area contributed by atoms with Crippen molar-refractivity contribution in [3.8, 4) is 0 Å². The van der Waals surface area contributed by atoms with Crippen LogP contribution in [-0.2, 0) is 14.8 Å². The summed E-state index contributed by atoms with van der Waals surface area (Å²) in [6, 6.07) is 0. The first kappa shape index (κ1) is 15.0. The van der Waals surface area contributed by atoms with Crippen LogP contribution >= 0.6 is 0 Å². The summed E-state index contributed by atoms with van der Waals surface area (Å²) in [5.41, 5.74) is -1.37. The molecule has 1 N–H and O–H groups in total. The van der Waals surface area contributed by atoms with Gasteiger partial charge in [-0.25, -0.2) is 13.1 Å². The van der Waals surface area contributed by atoms with Crippen molar-refractivity contribution in [2.75, 3.05) is 5.75 Å². The van der Waals surface area contributed by atoms with Gasteiger partial charge in [-0.05, 0) is 44.9 Å². The summed E-state index contributed by atoms with van der Waals surface area (Å²) in [5, 5.41) is 0. The van der Waals surface area contributed by atoms with E-state index < -0.39 is 21.0 Å². The van der Waals surface area contributed by atoms with E-state index >= 15 is 0 Å². The summed E-state index contributed by atoms with van der Waals surface area (Å²) in [6.45, 7) is 9.58. The topological polar surface area (TPSA) is 63.2 Å². The van der Waals surface area contributed by atoms with Crippen LogP contribution in [0, 0.1) is 16.7 Å². The van der Waals surface area contributed by atoms with Gasteiger partial charge < -0.3 is 0 Å². The average Bonchev–Trinajstić information content (AvgIpc) is 2.46. The van der Waals surface area contributed by atoms with Gasteiger partial charge in [-0.3, -0.25) is 4.79 Å². The van der Waals surface area contributed by atoms with Gasteiger partial charge in [0.15, 0.2) is 0 Å². The van der Waals surface area contributed by atoms with Crippen molar-refractivity contribution < 1.29 is 13.2 Å². The molecular formula is C14H25NO3S. The summed E-state index contributed by atoms with van der Waals surface area (Å²) >= 11 is 0. The SMILES string of the molecule is CC(C)(C)NS(=O)(=O)C[C@@]12CC[C@H](CC1=O)C2(C)C. The van der Waals surface area contributed by atoms with Gasteiger partial charge in [-0.2, -0.15) is 0 Å². The van der Waals surface area contributed by atoms with Crippen molar-refractivity contribution in [3.63, 3.8) is 0 Å². The van der Waals surface area contributed by atoms with Crippen molar-refractivity contribution in [1.29, 1.82) is 0 Å². The van der Waals surface area contributed by atoms with Crippen LogP contribution in [0.15, 0.2) is 0 Å². The molecule has 2 bridgehead atoms. The van der Waals surface area contributed by atoms with Gasteiger partial charge >= 0.3 is 0 Å². The van der Waals surface area contributed by atoms with Gasteiger partial charge in [-0.15, -0.1) is 0 Å². The Hall–Kier alpha value is -0.420. The fourth-order valence-electron chi connectivity index (χ4n) is 3.94. The van der Waals surface area contributed by atoms with Gasteiger partial charge in [0.1, 0.15) is 5.78 Å². The molecule has 2 rings (SSSR count). The zero-order valence-corrected chi connectivity index (χ0v) is 13.4. The highest BCUT2D eigenvalue weighted by Crippen LogP contribution is 2.64. The van der Waals surface area contributed by atoms with Crippen LogP contribution in [0.3, 0.4) is 0 Å². The normalized spacial score (nSPS) is 33.9. The first-order valence-corrected chi connectivity index (χ1v) is 8.60. The molecule has 2 aliphatic carbocycles. The second-order valence-corrected chi connectivity index (χ2v) is 9.50. The number of carbonyl (C=O) groups is 1. The van der Waals surface area contributed by atoms with Crippen LogP contribution < -0.4 is 4.72 Å². The van der Waals surface area contributed by atoms with E-state index in [0.717, 1.165) is 6.42 Å². The molecule has 0 radical (unpaired) electrons. The maximum absolute atomic E-state index is 12.4. The lowest BCUT2D eigenvalue weighted by Gasteiger charge is -2.37. The Labute approximate surface area is 116 Å². The molecule has 4 nitrogen and oxygen atoms in total. The Morgan fingerprint density at radius 3 is 2.26 bits per heavy atom. The molecule has 0 amide bonds. The van der Waals surface area contributed by atoms with Crippen molar-refractivity contribution in [2.45, 2.75) is 59.4 Å². The molecule has 2 saturated carbocycles. The molecule has 2 fully saturated rings.